The Bertz CT molecular complexity index is 203. The van der Waals surface area contributed by atoms with Gasteiger partial charge in [-0.15, -0.1) is 21.5 Å². The molecule has 1 aromatic heterocycles. The Labute approximate surface area is 77.5 Å². The first-order valence-electron chi connectivity index (χ1n) is 2.85. The van der Waals surface area contributed by atoms with Crippen molar-refractivity contribution in [2.75, 3.05) is 6.61 Å². The molecule has 10 heavy (non-hydrogen) atoms. The van der Waals surface area contributed by atoms with Crippen LogP contribution in [0.2, 0.25) is 0 Å². The van der Waals surface area contributed by atoms with E-state index < -0.39 is 0 Å². The molecule has 0 radical (unpaired) electrons. The third-order valence-corrected chi connectivity index (χ3v) is 2.30. The molecule has 0 aliphatic heterocycles. The summed E-state index contributed by atoms with van der Waals surface area (Å²) >= 11 is 3.50. The van der Waals surface area contributed by atoms with E-state index in [2.05, 4.69) is 10.2 Å². The SMILES string of the molecule is Cc1nnc(CCOI)s1. The molecule has 0 N–H and O–H groups in total. The summed E-state index contributed by atoms with van der Waals surface area (Å²) in [5.74, 6) is 0. The lowest BCUT2D eigenvalue weighted by molar-refractivity contribution is 0.430. The maximum absolute atomic E-state index is 4.86. The van der Waals surface area contributed by atoms with Crippen molar-refractivity contribution < 1.29 is 3.07 Å². The molecular weight excluding hydrogens is 263 g/mol. The molecule has 0 atom stereocenters. The average Bonchev–Trinajstić information content (AvgIpc) is 2.31. The Morgan fingerprint density at radius 3 is 2.90 bits per heavy atom. The molecule has 0 spiro atoms. The highest BCUT2D eigenvalue weighted by molar-refractivity contribution is 14.1. The number of hydrogen-bond donors (Lipinski definition) is 0. The molecule has 1 heterocycles. The third-order valence-electron chi connectivity index (χ3n) is 0.961. The Balaban J connectivity index is 2.42. The van der Waals surface area contributed by atoms with Crippen LogP contribution in [0.4, 0.5) is 0 Å². The zero-order valence-electron chi connectivity index (χ0n) is 5.50. The number of aryl methyl sites for hydroxylation is 1. The standard InChI is InChI=1S/C5H7IN2OS/c1-4-7-8-5(10-4)2-3-9-6/h2-3H2,1H3. The first-order chi connectivity index (χ1) is 4.83. The van der Waals surface area contributed by atoms with E-state index in [-0.39, 0.29) is 0 Å². The Morgan fingerprint density at radius 1 is 1.60 bits per heavy atom. The van der Waals surface area contributed by atoms with Crippen LogP contribution >= 0.6 is 34.3 Å². The highest BCUT2D eigenvalue weighted by atomic mass is 127. The molecule has 0 saturated carbocycles. The van der Waals surface area contributed by atoms with Crippen molar-refractivity contribution in [2.24, 2.45) is 0 Å². The number of hydrogen-bond acceptors (Lipinski definition) is 4. The maximum Gasteiger partial charge on any atom is 0.119 e. The van der Waals surface area contributed by atoms with E-state index in [1.165, 1.54) is 0 Å². The molecule has 0 saturated heterocycles. The topological polar surface area (TPSA) is 35.0 Å². The van der Waals surface area contributed by atoms with Crippen LogP contribution in [-0.2, 0) is 9.49 Å². The van der Waals surface area contributed by atoms with Crippen LogP contribution in [0.1, 0.15) is 10.0 Å². The molecule has 1 aromatic rings. The Hall–Kier alpha value is 0.250. The van der Waals surface area contributed by atoms with Gasteiger partial charge in [0.25, 0.3) is 0 Å². The fraction of sp³-hybridized carbons (Fsp3) is 0.600. The van der Waals surface area contributed by atoms with Crippen molar-refractivity contribution in [2.45, 2.75) is 13.3 Å². The normalized spacial score (nSPS) is 10.2. The summed E-state index contributed by atoms with van der Waals surface area (Å²) in [5.41, 5.74) is 0. The van der Waals surface area contributed by atoms with Gasteiger partial charge in [-0.1, -0.05) is 0 Å². The number of aromatic nitrogens is 2. The lowest BCUT2D eigenvalue weighted by Crippen LogP contribution is -1.89. The van der Waals surface area contributed by atoms with Crippen LogP contribution in [0.5, 0.6) is 0 Å². The molecule has 0 aliphatic carbocycles. The van der Waals surface area contributed by atoms with E-state index in [1.807, 2.05) is 29.9 Å². The predicted molar refractivity (Wildman–Crippen MR) is 48.3 cm³/mol. The second-order valence-corrected chi connectivity index (χ2v) is 3.67. The minimum atomic E-state index is 0.717. The minimum absolute atomic E-state index is 0.717. The first-order valence-corrected chi connectivity index (χ1v) is 4.55. The molecule has 0 bridgehead atoms. The fourth-order valence-electron chi connectivity index (χ4n) is 0.564. The van der Waals surface area contributed by atoms with Gasteiger partial charge in [0.1, 0.15) is 33.0 Å². The van der Waals surface area contributed by atoms with Crippen LogP contribution < -0.4 is 0 Å². The summed E-state index contributed by atoms with van der Waals surface area (Å²) in [4.78, 5) is 0. The molecule has 0 aliphatic rings. The van der Waals surface area contributed by atoms with Gasteiger partial charge in [0.2, 0.25) is 0 Å². The highest BCUT2D eigenvalue weighted by Crippen LogP contribution is 2.08. The van der Waals surface area contributed by atoms with Crippen molar-refractivity contribution in [1.82, 2.24) is 10.2 Å². The van der Waals surface area contributed by atoms with Gasteiger partial charge in [0.15, 0.2) is 0 Å². The van der Waals surface area contributed by atoms with Crippen LogP contribution in [0.3, 0.4) is 0 Å². The van der Waals surface area contributed by atoms with E-state index in [9.17, 15) is 0 Å². The zero-order valence-corrected chi connectivity index (χ0v) is 8.48. The van der Waals surface area contributed by atoms with Crippen LogP contribution in [-0.4, -0.2) is 16.8 Å². The van der Waals surface area contributed by atoms with Crippen molar-refractivity contribution >= 4 is 34.3 Å². The molecule has 0 amide bonds. The quantitative estimate of drug-likeness (QED) is 0.785. The van der Waals surface area contributed by atoms with Crippen LogP contribution in [0.15, 0.2) is 0 Å². The summed E-state index contributed by atoms with van der Waals surface area (Å²) in [6.45, 7) is 2.67. The average molecular weight is 270 g/mol. The summed E-state index contributed by atoms with van der Waals surface area (Å²) < 4.78 is 4.86. The number of rotatable bonds is 3. The zero-order chi connectivity index (χ0) is 7.40. The molecule has 0 unspecified atom stereocenters. The van der Waals surface area contributed by atoms with E-state index in [1.54, 1.807) is 11.3 Å². The van der Waals surface area contributed by atoms with Crippen LogP contribution in [0, 0.1) is 6.92 Å². The van der Waals surface area contributed by atoms with E-state index in [0.717, 1.165) is 23.0 Å². The van der Waals surface area contributed by atoms with Gasteiger partial charge in [-0.05, 0) is 6.92 Å². The summed E-state index contributed by atoms with van der Waals surface area (Å²) in [7, 11) is 0. The smallest absolute Gasteiger partial charge is 0.119 e. The summed E-state index contributed by atoms with van der Waals surface area (Å²) in [6, 6.07) is 0. The lowest BCUT2D eigenvalue weighted by Gasteiger charge is -1.88. The lowest BCUT2D eigenvalue weighted by atomic mass is 10.5. The largest absolute Gasteiger partial charge is 0.315 e. The molecule has 56 valence electrons. The maximum atomic E-state index is 4.86. The van der Waals surface area contributed by atoms with Crippen LogP contribution in [0.25, 0.3) is 0 Å². The highest BCUT2D eigenvalue weighted by Gasteiger charge is 1.98. The monoisotopic (exact) mass is 270 g/mol. The Morgan fingerprint density at radius 2 is 2.40 bits per heavy atom. The molecule has 0 fully saturated rings. The van der Waals surface area contributed by atoms with E-state index in [4.69, 9.17) is 3.07 Å². The van der Waals surface area contributed by atoms with Gasteiger partial charge >= 0.3 is 0 Å². The molecule has 3 nitrogen and oxygen atoms in total. The van der Waals surface area contributed by atoms with Gasteiger partial charge in [-0.25, -0.2) is 0 Å². The van der Waals surface area contributed by atoms with Gasteiger partial charge in [0, 0.05) is 6.42 Å². The first kappa shape index (κ1) is 8.35. The Kier molecular flexibility index (Phi) is 3.50. The third kappa shape index (κ3) is 2.47. The molecule has 5 heteroatoms. The fourth-order valence-corrected chi connectivity index (χ4v) is 1.47. The van der Waals surface area contributed by atoms with Gasteiger partial charge in [-0.3, -0.25) is 0 Å². The van der Waals surface area contributed by atoms with Crippen molar-refractivity contribution in [3.63, 3.8) is 0 Å². The minimum Gasteiger partial charge on any atom is -0.315 e. The molecule has 1 rings (SSSR count). The van der Waals surface area contributed by atoms with Crippen molar-refractivity contribution in [1.29, 1.82) is 0 Å². The second-order valence-electron chi connectivity index (χ2n) is 1.78. The molecular formula is C5H7IN2OS. The van der Waals surface area contributed by atoms with Gasteiger partial charge in [0.05, 0.1) is 6.61 Å². The van der Waals surface area contributed by atoms with Gasteiger partial charge < -0.3 is 3.07 Å². The van der Waals surface area contributed by atoms with Gasteiger partial charge in [-0.2, -0.15) is 0 Å². The van der Waals surface area contributed by atoms with Crippen molar-refractivity contribution in [3.8, 4) is 0 Å². The van der Waals surface area contributed by atoms with E-state index in [0.29, 0.717) is 0 Å². The number of nitrogens with zero attached hydrogens (tertiary/aromatic N) is 2. The number of halogens is 1. The molecule has 0 aromatic carbocycles. The van der Waals surface area contributed by atoms with E-state index >= 15 is 0 Å². The van der Waals surface area contributed by atoms with Crippen molar-refractivity contribution in [3.05, 3.63) is 10.0 Å². The predicted octanol–water partition coefficient (Wildman–Crippen LogP) is 1.76. The second kappa shape index (κ2) is 4.20. The summed E-state index contributed by atoms with van der Waals surface area (Å²) in [6.07, 6.45) is 0.869. The summed E-state index contributed by atoms with van der Waals surface area (Å²) in [5, 5.41) is 9.89.